The standard InChI is InChI=1S/C15H22O2/c1-11(7-8-16)5-6-14-12(2)9-13(17)10-15(14,3)4/h5,7-9,14,16H,6,10H2,1-4H3. The van der Waals surface area contributed by atoms with Gasteiger partial charge in [0.1, 0.15) is 0 Å². The molecule has 1 N–H and O–H groups in total. The van der Waals surface area contributed by atoms with Crippen LogP contribution in [0.3, 0.4) is 0 Å². The summed E-state index contributed by atoms with van der Waals surface area (Å²) in [5, 5.41) is 8.69. The number of ketones is 1. The van der Waals surface area contributed by atoms with Crippen molar-refractivity contribution in [3.05, 3.63) is 35.6 Å². The predicted octanol–water partition coefficient (Wildman–Crippen LogP) is 3.96. The Morgan fingerprint density at radius 1 is 1.59 bits per heavy atom. The number of aliphatic hydroxyl groups is 1. The maximum absolute atomic E-state index is 11.5. The van der Waals surface area contributed by atoms with Crippen LogP contribution in [-0.2, 0) is 4.79 Å². The molecule has 0 aliphatic heterocycles. The zero-order valence-electron chi connectivity index (χ0n) is 11.2. The fourth-order valence-electron chi connectivity index (χ4n) is 2.59. The summed E-state index contributed by atoms with van der Waals surface area (Å²) in [6, 6.07) is 0. The van der Waals surface area contributed by atoms with Gasteiger partial charge in [0.05, 0.1) is 6.26 Å². The lowest BCUT2D eigenvalue weighted by Gasteiger charge is -2.37. The Morgan fingerprint density at radius 3 is 2.76 bits per heavy atom. The van der Waals surface area contributed by atoms with Gasteiger partial charge >= 0.3 is 0 Å². The number of aliphatic hydroxyl groups excluding tert-OH is 1. The second kappa shape index (κ2) is 5.35. The quantitative estimate of drug-likeness (QED) is 0.593. The maximum Gasteiger partial charge on any atom is 0.156 e. The third kappa shape index (κ3) is 3.58. The molecule has 1 unspecified atom stereocenters. The molecule has 0 saturated heterocycles. The minimum absolute atomic E-state index is 0.0234. The molecule has 0 radical (unpaired) electrons. The summed E-state index contributed by atoms with van der Waals surface area (Å²) in [6.45, 7) is 8.30. The summed E-state index contributed by atoms with van der Waals surface area (Å²) in [5.74, 6) is 0.641. The molecule has 1 rings (SSSR count). The van der Waals surface area contributed by atoms with E-state index < -0.39 is 0 Å². The normalized spacial score (nSPS) is 25.2. The van der Waals surface area contributed by atoms with Gasteiger partial charge in [-0.1, -0.05) is 31.1 Å². The van der Waals surface area contributed by atoms with Gasteiger partial charge in [0.25, 0.3) is 0 Å². The van der Waals surface area contributed by atoms with Crippen LogP contribution in [0.5, 0.6) is 0 Å². The lowest BCUT2D eigenvalue weighted by molar-refractivity contribution is -0.117. The minimum Gasteiger partial charge on any atom is -0.516 e. The summed E-state index contributed by atoms with van der Waals surface area (Å²) >= 11 is 0. The molecule has 0 saturated carbocycles. The number of hydrogen-bond acceptors (Lipinski definition) is 2. The van der Waals surface area contributed by atoms with Crippen LogP contribution in [0, 0.1) is 11.3 Å². The molecule has 2 heteroatoms. The van der Waals surface area contributed by atoms with Crippen LogP contribution >= 0.6 is 0 Å². The first kappa shape index (κ1) is 13.8. The van der Waals surface area contributed by atoms with Gasteiger partial charge in [-0.2, -0.15) is 0 Å². The Bertz CT molecular complexity index is 384. The fraction of sp³-hybridized carbons (Fsp3) is 0.533. The van der Waals surface area contributed by atoms with E-state index in [0.29, 0.717) is 12.3 Å². The molecule has 17 heavy (non-hydrogen) atoms. The van der Waals surface area contributed by atoms with E-state index >= 15 is 0 Å². The third-order valence-corrected chi connectivity index (χ3v) is 3.52. The van der Waals surface area contributed by atoms with Crippen molar-refractivity contribution >= 4 is 5.78 Å². The Kier molecular flexibility index (Phi) is 4.33. The first-order valence-electron chi connectivity index (χ1n) is 6.05. The molecule has 0 aromatic carbocycles. The van der Waals surface area contributed by atoms with Crippen molar-refractivity contribution < 1.29 is 9.90 Å². The zero-order chi connectivity index (χ0) is 13.1. The van der Waals surface area contributed by atoms with E-state index in [4.69, 9.17) is 5.11 Å². The second-order valence-electron chi connectivity index (χ2n) is 5.57. The highest BCUT2D eigenvalue weighted by atomic mass is 16.2. The van der Waals surface area contributed by atoms with Crippen LogP contribution in [0.15, 0.2) is 35.6 Å². The maximum atomic E-state index is 11.5. The molecule has 0 aromatic heterocycles. The summed E-state index contributed by atoms with van der Waals surface area (Å²) in [7, 11) is 0. The summed E-state index contributed by atoms with van der Waals surface area (Å²) in [6.07, 6.45) is 8.17. The average molecular weight is 234 g/mol. The van der Waals surface area contributed by atoms with Crippen LogP contribution in [0.2, 0.25) is 0 Å². The molecule has 0 spiro atoms. The first-order chi connectivity index (χ1) is 7.86. The Morgan fingerprint density at radius 2 is 2.24 bits per heavy atom. The van der Waals surface area contributed by atoms with Gasteiger partial charge in [0.15, 0.2) is 5.78 Å². The molecule has 0 aromatic rings. The lowest BCUT2D eigenvalue weighted by atomic mass is 9.67. The largest absolute Gasteiger partial charge is 0.516 e. The lowest BCUT2D eigenvalue weighted by Crippen LogP contribution is -2.31. The molecule has 2 nitrogen and oxygen atoms in total. The van der Waals surface area contributed by atoms with Crippen LogP contribution in [0.4, 0.5) is 0 Å². The van der Waals surface area contributed by atoms with Gasteiger partial charge in [-0.05, 0) is 43.8 Å². The minimum atomic E-state index is 0.0234. The first-order valence-corrected chi connectivity index (χ1v) is 6.05. The smallest absolute Gasteiger partial charge is 0.156 e. The molecule has 1 aliphatic carbocycles. The number of hydrogen-bond donors (Lipinski definition) is 1. The van der Waals surface area contributed by atoms with Gasteiger partial charge in [-0.3, -0.25) is 4.79 Å². The summed E-state index contributed by atoms with van der Waals surface area (Å²) in [5.41, 5.74) is 2.24. The van der Waals surface area contributed by atoms with Crippen molar-refractivity contribution in [2.24, 2.45) is 11.3 Å². The van der Waals surface area contributed by atoms with E-state index in [1.54, 1.807) is 12.2 Å². The molecule has 0 heterocycles. The SMILES string of the molecule is CC(C=CO)=CCC1C(C)=CC(=O)CC1(C)C. The number of carbonyl (C=O) groups is 1. The van der Waals surface area contributed by atoms with Crippen molar-refractivity contribution in [1.29, 1.82) is 0 Å². The number of rotatable bonds is 3. The monoisotopic (exact) mass is 234 g/mol. The molecule has 0 fully saturated rings. The van der Waals surface area contributed by atoms with Crippen molar-refractivity contribution in [2.45, 2.75) is 40.5 Å². The summed E-state index contributed by atoms with van der Waals surface area (Å²) < 4.78 is 0. The second-order valence-corrected chi connectivity index (χ2v) is 5.57. The zero-order valence-corrected chi connectivity index (χ0v) is 11.2. The van der Waals surface area contributed by atoms with E-state index in [-0.39, 0.29) is 11.2 Å². The molecule has 0 bridgehead atoms. The van der Waals surface area contributed by atoms with Crippen LogP contribution in [0.1, 0.15) is 40.5 Å². The van der Waals surface area contributed by atoms with Gasteiger partial charge in [-0.15, -0.1) is 0 Å². The Balaban J connectivity index is 2.85. The van der Waals surface area contributed by atoms with E-state index in [9.17, 15) is 4.79 Å². The fourth-order valence-corrected chi connectivity index (χ4v) is 2.59. The number of allylic oxidation sites excluding steroid dienone is 5. The molecule has 0 amide bonds. The van der Waals surface area contributed by atoms with Crippen molar-refractivity contribution in [2.75, 3.05) is 0 Å². The van der Waals surface area contributed by atoms with Crippen molar-refractivity contribution in [3.8, 4) is 0 Å². The molecular formula is C15H22O2. The predicted molar refractivity (Wildman–Crippen MR) is 70.8 cm³/mol. The Labute approximate surface area is 104 Å². The molecule has 94 valence electrons. The molecular weight excluding hydrogens is 212 g/mol. The van der Waals surface area contributed by atoms with E-state index in [2.05, 4.69) is 19.9 Å². The van der Waals surface area contributed by atoms with Crippen molar-refractivity contribution in [3.63, 3.8) is 0 Å². The molecule has 1 aliphatic rings. The van der Waals surface area contributed by atoms with Crippen LogP contribution in [0.25, 0.3) is 0 Å². The highest BCUT2D eigenvalue weighted by Gasteiger charge is 2.35. The van der Waals surface area contributed by atoms with Crippen LogP contribution < -0.4 is 0 Å². The highest BCUT2D eigenvalue weighted by molar-refractivity contribution is 5.91. The van der Waals surface area contributed by atoms with Gasteiger partial charge < -0.3 is 5.11 Å². The van der Waals surface area contributed by atoms with E-state index in [1.807, 2.05) is 13.8 Å². The number of carbonyl (C=O) groups excluding carboxylic acids is 1. The topological polar surface area (TPSA) is 37.3 Å². The van der Waals surface area contributed by atoms with Crippen LogP contribution in [-0.4, -0.2) is 10.9 Å². The molecule has 1 atom stereocenters. The van der Waals surface area contributed by atoms with Crippen molar-refractivity contribution in [1.82, 2.24) is 0 Å². The average Bonchev–Trinajstić information content (AvgIpc) is 2.14. The third-order valence-electron chi connectivity index (χ3n) is 3.52. The summed E-state index contributed by atoms with van der Waals surface area (Å²) in [4.78, 5) is 11.5. The van der Waals surface area contributed by atoms with Gasteiger partial charge in [-0.25, -0.2) is 0 Å². The Hall–Kier alpha value is -1.31. The highest BCUT2D eigenvalue weighted by Crippen LogP contribution is 2.41. The van der Waals surface area contributed by atoms with Gasteiger partial charge in [0.2, 0.25) is 0 Å². The van der Waals surface area contributed by atoms with Gasteiger partial charge in [0, 0.05) is 6.42 Å². The van der Waals surface area contributed by atoms with E-state index in [1.165, 1.54) is 5.57 Å². The van der Waals surface area contributed by atoms with E-state index in [0.717, 1.165) is 18.3 Å².